The minimum Gasteiger partial charge on any atom is -0.381 e. The van der Waals surface area contributed by atoms with Gasteiger partial charge in [0.1, 0.15) is 0 Å². The molecule has 0 radical (unpaired) electrons. The Morgan fingerprint density at radius 1 is 0.852 bits per heavy atom. The highest BCUT2D eigenvalue weighted by molar-refractivity contribution is 5.47. The molecule has 3 nitrogen and oxygen atoms in total. The summed E-state index contributed by atoms with van der Waals surface area (Å²) in [6, 6.07) is 20.1. The Hall–Kier alpha value is -1.84. The van der Waals surface area contributed by atoms with Crippen LogP contribution in [0.3, 0.4) is 0 Å². The Labute approximate surface area is 163 Å². The Balaban J connectivity index is 1.36. The van der Waals surface area contributed by atoms with Crippen LogP contribution in [0.1, 0.15) is 43.2 Å². The number of anilines is 1. The molecule has 0 aromatic heterocycles. The van der Waals surface area contributed by atoms with E-state index in [-0.39, 0.29) is 5.41 Å². The Morgan fingerprint density at radius 3 is 2.26 bits per heavy atom. The molecule has 0 atom stereocenters. The first kappa shape index (κ1) is 18.5. The monoisotopic (exact) mass is 364 g/mol. The first-order valence-electron chi connectivity index (χ1n) is 10.5. The van der Waals surface area contributed by atoms with Crippen LogP contribution >= 0.6 is 0 Å². The van der Waals surface area contributed by atoms with Crippen LogP contribution in [0.2, 0.25) is 0 Å². The summed E-state index contributed by atoms with van der Waals surface area (Å²) in [4.78, 5) is 2.52. The molecule has 2 aliphatic rings. The van der Waals surface area contributed by atoms with Crippen molar-refractivity contribution in [2.45, 2.75) is 44.1 Å². The van der Waals surface area contributed by atoms with Gasteiger partial charge in [0.2, 0.25) is 0 Å². The number of nitrogens with zero attached hydrogens (tertiary/aromatic N) is 1. The molecule has 3 heteroatoms. The summed E-state index contributed by atoms with van der Waals surface area (Å²) in [6.07, 6.45) is 6.23. The lowest BCUT2D eigenvalue weighted by Gasteiger charge is -2.38. The normalized spacial score (nSPS) is 19.8. The predicted octanol–water partition coefficient (Wildman–Crippen LogP) is 4.51. The molecule has 144 valence electrons. The third kappa shape index (κ3) is 4.53. The highest BCUT2D eigenvalue weighted by atomic mass is 16.5. The van der Waals surface area contributed by atoms with Gasteiger partial charge in [-0.15, -0.1) is 0 Å². The summed E-state index contributed by atoms with van der Waals surface area (Å²) in [7, 11) is 0. The summed E-state index contributed by atoms with van der Waals surface area (Å²) in [5, 5.41) is 3.74. The van der Waals surface area contributed by atoms with Crippen LogP contribution in [0.25, 0.3) is 0 Å². The Kier molecular flexibility index (Phi) is 6.10. The van der Waals surface area contributed by atoms with Gasteiger partial charge in [0.15, 0.2) is 0 Å². The molecule has 2 heterocycles. The van der Waals surface area contributed by atoms with E-state index in [1.54, 1.807) is 0 Å². The highest BCUT2D eigenvalue weighted by Crippen LogP contribution is 2.34. The fraction of sp³-hybridized carbons (Fsp3) is 0.500. The lowest BCUT2D eigenvalue weighted by molar-refractivity contribution is 0.0498. The molecule has 0 aliphatic carbocycles. The number of ether oxygens (including phenoxy) is 1. The van der Waals surface area contributed by atoms with E-state index in [9.17, 15) is 0 Å². The van der Waals surface area contributed by atoms with E-state index >= 15 is 0 Å². The molecule has 2 saturated heterocycles. The number of benzene rings is 2. The lowest BCUT2D eigenvalue weighted by Crippen LogP contribution is -2.42. The van der Waals surface area contributed by atoms with Gasteiger partial charge >= 0.3 is 0 Å². The fourth-order valence-electron chi connectivity index (χ4n) is 4.54. The van der Waals surface area contributed by atoms with Crippen molar-refractivity contribution in [1.29, 1.82) is 0 Å². The maximum atomic E-state index is 5.65. The number of nitrogens with one attached hydrogen (secondary N) is 1. The Bertz CT molecular complexity index is 686. The SMILES string of the molecule is c1ccc(C2(CNCc3ccc(N4CCCCC4)cc3)CCOCC2)cc1. The summed E-state index contributed by atoms with van der Waals surface area (Å²) in [6.45, 7) is 6.07. The number of hydrogen-bond donors (Lipinski definition) is 1. The second kappa shape index (κ2) is 8.90. The molecular weight excluding hydrogens is 332 g/mol. The highest BCUT2D eigenvalue weighted by Gasteiger charge is 2.33. The van der Waals surface area contributed by atoms with E-state index in [4.69, 9.17) is 4.74 Å². The van der Waals surface area contributed by atoms with Gasteiger partial charge in [0.25, 0.3) is 0 Å². The van der Waals surface area contributed by atoms with Crippen molar-refractivity contribution in [2.24, 2.45) is 0 Å². The van der Waals surface area contributed by atoms with Gasteiger partial charge in [-0.3, -0.25) is 0 Å². The van der Waals surface area contributed by atoms with Crippen molar-refractivity contribution in [3.05, 3.63) is 65.7 Å². The molecule has 0 amide bonds. The molecule has 1 N–H and O–H groups in total. The summed E-state index contributed by atoms with van der Waals surface area (Å²) < 4.78 is 5.65. The minimum atomic E-state index is 0.202. The molecule has 0 spiro atoms. The summed E-state index contributed by atoms with van der Waals surface area (Å²) in [5.41, 5.74) is 4.39. The second-order valence-corrected chi connectivity index (χ2v) is 8.08. The van der Waals surface area contributed by atoms with Crippen molar-refractivity contribution < 1.29 is 4.74 Å². The van der Waals surface area contributed by atoms with Crippen molar-refractivity contribution in [2.75, 3.05) is 37.7 Å². The molecule has 4 rings (SSSR count). The standard InChI is InChI=1S/C24H32N2O/c1-3-7-22(8-4-1)24(13-17-27-18-14-24)20-25-19-21-9-11-23(12-10-21)26-15-5-2-6-16-26/h1,3-4,7-12,25H,2,5-6,13-20H2. The zero-order chi connectivity index (χ0) is 18.4. The molecule has 0 saturated carbocycles. The second-order valence-electron chi connectivity index (χ2n) is 8.08. The van der Waals surface area contributed by atoms with Gasteiger partial charge in [-0.25, -0.2) is 0 Å². The smallest absolute Gasteiger partial charge is 0.0475 e. The van der Waals surface area contributed by atoms with Gasteiger partial charge in [0.05, 0.1) is 0 Å². The molecule has 27 heavy (non-hydrogen) atoms. The number of hydrogen-bond acceptors (Lipinski definition) is 3. The maximum absolute atomic E-state index is 5.65. The molecular formula is C24H32N2O. The molecule has 2 aromatic carbocycles. The van der Waals surface area contributed by atoms with E-state index in [1.807, 2.05) is 0 Å². The quantitative estimate of drug-likeness (QED) is 0.816. The molecule has 2 aliphatic heterocycles. The predicted molar refractivity (Wildman–Crippen MR) is 112 cm³/mol. The van der Waals surface area contributed by atoms with Crippen molar-refractivity contribution in [1.82, 2.24) is 5.32 Å². The van der Waals surface area contributed by atoms with Crippen LogP contribution in [-0.4, -0.2) is 32.8 Å². The molecule has 0 bridgehead atoms. The third-order valence-electron chi connectivity index (χ3n) is 6.29. The summed E-state index contributed by atoms with van der Waals surface area (Å²) >= 11 is 0. The van der Waals surface area contributed by atoms with Crippen LogP contribution < -0.4 is 10.2 Å². The van der Waals surface area contributed by atoms with Crippen molar-refractivity contribution in [3.8, 4) is 0 Å². The van der Waals surface area contributed by atoms with E-state index in [1.165, 1.54) is 49.2 Å². The van der Waals surface area contributed by atoms with E-state index in [0.29, 0.717) is 0 Å². The minimum absolute atomic E-state index is 0.202. The average molecular weight is 365 g/mol. The summed E-state index contributed by atoms with van der Waals surface area (Å²) in [5.74, 6) is 0. The molecule has 2 aromatic rings. The Morgan fingerprint density at radius 2 is 1.56 bits per heavy atom. The largest absolute Gasteiger partial charge is 0.381 e. The zero-order valence-corrected chi connectivity index (χ0v) is 16.3. The maximum Gasteiger partial charge on any atom is 0.0475 e. The van der Waals surface area contributed by atoms with E-state index in [0.717, 1.165) is 39.1 Å². The van der Waals surface area contributed by atoms with Gasteiger partial charge < -0.3 is 15.0 Å². The van der Waals surface area contributed by atoms with E-state index in [2.05, 4.69) is 64.8 Å². The number of rotatable bonds is 6. The van der Waals surface area contributed by atoms with Crippen LogP contribution in [0.5, 0.6) is 0 Å². The van der Waals surface area contributed by atoms with Gasteiger partial charge in [0, 0.05) is 50.5 Å². The number of piperidine rings is 1. The van der Waals surface area contributed by atoms with Crippen LogP contribution in [-0.2, 0) is 16.7 Å². The molecule has 2 fully saturated rings. The van der Waals surface area contributed by atoms with Crippen molar-refractivity contribution >= 4 is 5.69 Å². The van der Waals surface area contributed by atoms with Crippen LogP contribution in [0, 0.1) is 0 Å². The van der Waals surface area contributed by atoms with Gasteiger partial charge in [-0.2, -0.15) is 0 Å². The van der Waals surface area contributed by atoms with Crippen LogP contribution in [0.4, 0.5) is 5.69 Å². The lowest BCUT2D eigenvalue weighted by atomic mass is 9.74. The van der Waals surface area contributed by atoms with Crippen LogP contribution in [0.15, 0.2) is 54.6 Å². The zero-order valence-electron chi connectivity index (χ0n) is 16.3. The van der Waals surface area contributed by atoms with E-state index < -0.39 is 0 Å². The molecule has 0 unspecified atom stereocenters. The third-order valence-corrected chi connectivity index (χ3v) is 6.29. The fourth-order valence-corrected chi connectivity index (χ4v) is 4.54. The first-order valence-corrected chi connectivity index (χ1v) is 10.5. The van der Waals surface area contributed by atoms with Crippen molar-refractivity contribution in [3.63, 3.8) is 0 Å². The van der Waals surface area contributed by atoms with Gasteiger partial charge in [-0.1, -0.05) is 42.5 Å². The average Bonchev–Trinajstić information content (AvgIpc) is 2.76. The van der Waals surface area contributed by atoms with Gasteiger partial charge in [-0.05, 0) is 55.4 Å². The first-order chi connectivity index (χ1) is 13.4. The topological polar surface area (TPSA) is 24.5 Å².